The van der Waals surface area contributed by atoms with Crippen LogP contribution < -0.4 is 0 Å². The molecule has 0 aromatic heterocycles. The first-order valence-electron chi connectivity index (χ1n) is 4.95. The molecule has 0 saturated carbocycles. The maximum atomic E-state index is 11.7. The van der Waals surface area contributed by atoms with Gasteiger partial charge in [0, 0.05) is 19.3 Å². The molecule has 1 saturated heterocycles. The number of aliphatic hydroxyl groups is 1. The standard InChI is InChI=1S/C8H17NO5S2/c1-7-3-4-9(5-8(7)10)16(13,14)6-15(2,11)12/h7-8,10H,3-6H2,1-2H3. The predicted octanol–water partition coefficient (Wildman–Crippen LogP) is -0.979. The second-order valence-corrected chi connectivity index (χ2v) is 8.82. The molecule has 8 heteroatoms. The Labute approximate surface area is 96.2 Å². The third-order valence-electron chi connectivity index (χ3n) is 2.64. The zero-order valence-electron chi connectivity index (χ0n) is 9.33. The van der Waals surface area contributed by atoms with Gasteiger partial charge in [0.05, 0.1) is 6.10 Å². The molecule has 1 aliphatic rings. The van der Waals surface area contributed by atoms with Crippen LogP contribution in [0.5, 0.6) is 0 Å². The minimum Gasteiger partial charge on any atom is -0.391 e. The minimum atomic E-state index is -3.81. The van der Waals surface area contributed by atoms with Crippen molar-refractivity contribution >= 4 is 19.9 Å². The Morgan fingerprint density at radius 2 is 1.88 bits per heavy atom. The van der Waals surface area contributed by atoms with Crippen molar-refractivity contribution in [3.63, 3.8) is 0 Å². The molecule has 0 aromatic carbocycles. The van der Waals surface area contributed by atoms with Crippen LogP contribution in [0.4, 0.5) is 0 Å². The van der Waals surface area contributed by atoms with Gasteiger partial charge in [-0.25, -0.2) is 16.8 Å². The number of sulfone groups is 1. The van der Waals surface area contributed by atoms with Crippen molar-refractivity contribution in [2.45, 2.75) is 19.4 Å². The molecule has 96 valence electrons. The van der Waals surface area contributed by atoms with Crippen molar-refractivity contribution in [1.29, 1.82) is 0 Å². The van der Waals surface area contributed by atoms with Crippen LogP contribution in [0.1, 0.15) is 13.3 Å². The molecule has 0 bridgehead atoms. The van der Waals surface area contributed by atoms with Crippen LogP contribution in [0, 0.1) is 5.92 Å². The molecule has 1 aliphatic heterocycles. The van der Waals surface area contributed by atoms with Gasteiger partial charge in [-0.15, -0.1) is 0 Å². The lowest BCUT2D eigenvalue weighted by atomic mass is 9.98. The van der Waals surface area contributed by atoms with E-state index in [0.717, 1.165) is 10.6 Å². The quantitative estimate of drug-likeness (QED) is 0.712. The first-order valence-corrected chi connectivity index (χ1v) is 8.62. The zero-order valence-corrected chi connectivity index (χ0v) is 11.0. The highest BCUT2D eigenvalue weighted by Gasteiger charge is 2.33. The number of rotatable bonds is 3. The zero-order chi connectivity index (χ0) is 12.6. The molecular weight excluding hydrogens is 254 g/mol. The van der Waals surface area contributed by atoms with Crippen LogP contribution in [0.3, 0.4) is 0 Å². The Hall–Kier alpha value is -0.180. The van der Waals surface area contributed by atoms with Crippen molar-refractivity contribution in [3.05, 3.63) is 0 Å². The summed E-state index contributed by atoms with van der Waals surface area (Å²) in [5.41, 5.74) is 0. The molecule has 2 atom stereocenters. The topological polar surface area (TPSA) is 91.8 Å². The van der Waals surface area contributed by atoms with E-state index in [4.69, 9.17) is 0 Å². The lowest BCUT2D eigenvalue weighted by Crippen LogP contribution is -2.47. The van der Waals surface area contributed by atoms with Crippen molar-refractivity contribution in [2.75, 3.05) is 24.4 Å². The maximum Gasteiger partial charge on any atom is 0.228 e. The van der Waals surface area contributed by atoms with Gasteiger partial charge < -0.3 is 5.11 Å². The van der Waals surface area contributed by atoms with Crippen molar-refractivity contribution in [2.24, 2.45) is 5.92 Å². The average Bonchev–Trinajstić information content (AvgIpc) is 2.05. The summed E-state index contributed by atoms with van der Waals surface area (Å²) < 4.78 is 46.4. The molecule has 0 amide bonds. The first kappa shape index (κ1) is 13.9. The Kier molecular flexibility index (Phi) is 3.99. The van der Waals surface area contributed by atoms with Crippen molar-refractivity contribution in [3.8, 4) is 0 Å². The summed E-state index contributed by atoms with van der Waals surface area (Å²) >= 11 is 0. The Bertz CT molecular complexity index is 441. The van der Waals surface area contributed by atoms with Crippen LogP contribution in [0.25, 0.3) is 0 Å². The van der Waals surface area contributed by atoms with Gasteiger partial charge in [-0.3, -0.25) is 0 Å². The third kappa shape index (κ3) is 3.69. The highest BCUT2D eigenvalue weighted by Crippen LogP contribution is 2.20. The fourth-order valence-corrected chi connectivity index (χ4v) is 5.14. The predicted molar refractivity (Wildman–Crippen MR) is 60.0 cm³/mol. The fourth-order valence-electron chi connectivity index (χ4n) is 1.62. The molecule has 0 aromatic rings. The molecule has 1 heterocycles. The van der Waals surface area contributed by atoms with E-state index in [1.807, 2.05) is 6.92 Å². The summed E-state index contributed by atoms with van der Waals surface area (Å²) in [6, 6.07) is 0. The number of β-amino-alcohol motifs (C(OH)–C–C–N with tert-alkyl or cyclic N) is 1. The molecule has 0 radical (unpaired) electrons. The van der Waals surface area contributed by atoms with E-state index < -0.39 is 31.0 Å². The van der Waals surface area contributed by atoms with Gasteiger partial charge in [-0.05, 0) is 12.3 Å². The number of sulfonamides is 1. The summed E-state index contributed by atoms with van der Waals surface area (Å²) in [5.74, 6) is 0.0460. The number of piperidine rings is 1. The van der Waals surface area contributed by atoms with E-state index in [9.17, 15) is 21.9 Å². The molecule has 0 aliphatic carbocycles. The molecule has 1 N–H and O–H groups in total. The summed E-state index contributed by atoms with van der Waals surface area (Å²) in [7, 11) is -7.39. The van der Waals surface area contributed by atoms with Crippen LogP contribution in [0.15, 0.2) is 0 Å². The number of aliphatic hydroxyl groups excluding tert-OH is 1. The van der Waals surface area contributed by atoms with Gasteiger partial charge in [0.15, 0.2) is 14.9 Å². The van der Waals surface area contributed by atoms with Gasteiger partial charge in [-0.1, -0.05) is 6.92 Å². The number of hydrogen-bond donors (Lipinski definition) is 1. The summed E-state index contributed by atoms with van der Waals surface area (Å²) in [6.07, 6.45) is 0.709. The maximum absolute atomic E-state index is 11.7. The highest BCUT2D eigenvalue weighted by molar-refractivity contribution is 8.06. The van der Waals surface area contributed by atoms with E-state index in [0.29, 0.717) is 6.42 Å². The highest BCUT2D eigenvalue weighted by atomic mass is 32.3. The van der Waals surface area contributed by atoms with Crippen LogP contribution in [0.2, 0.25) is 0 Å². The van der Waals surface area contributed by atoms with E-state index in [1.165, 1.54) is 0 Å². The summed E-state index contributed by atoms with van der Waals surface area (Å²) in [6.45, 7) is 2.10. The largest absolute Gasteiger partial charge is 0.391 e. The molecule has 1 fully saturated rings. The average molecular weight is 271 g/mol. The van der Waals surface area contributed by atoms with Crippen molar-refractivity contribution < 1.29 is 21.9 Å². The molecule has 2 unspecified atom stereocenters. The number of nitrogens with zero attached hydrogens (tertiary/aromatic N) is 1. The van der Waals surface area contributed by atoms with E-state index >= 15 is 0 Å². The van der Waals surface area contributed by atoms with Gasteiger partial charge in [-0.2, -0.15) is 4.31 Å². The Balaban J connectivity index is 2.79. The second kappa shape index (κ2) is 4.59. The van der Waals surface area contributed by atoms with Crippen molar-refractivity contribution in [1.82, 2.24) is 4.31 Å². The summed E-state index contributed by atoms with van der Waals surface area (Å²) in [4.78, 5) is 0. The van der Waals surface area contributed by atoms with Gasteiger partial charge in [0.25, 0.3) is 0 Å². The lowest BCUT2D eigenvalue weighted by molar-refractivity contribution is 0.0607. The SMILES string of the molecule is CC1CCN(S(=O)(=O)CS(C)(=O)=O)CC1O. The molecule has 1 rings (SSSR count). The van der Waals surface area contributed by atoms with Gasteiger partial charge in [0.2, 0.25) is 10.0 Å². The van der Waals surface area contributed by atoms with Crippen LogP contribution in [-0.2, 0) is 19.9 Å². The minimum absolute atomic E-state index is 0.0149. The van der Waals surface area contributed by atoms with E-state index in [1.54, 1.807) is 0 Å². The lowest BCUT2D eigenvalue weighted by Gasteiger charge is -2.33. The normalized spacial score (nSPS) is 29.2. The monoisotopic (exact) mass is 271 g/mol. The van der Waals surface area contributed by atoms with Crippen LogP contribution >= 0.6 is 0 Å². The smallest absolute Gasteiger partial charge is 0.228 e. The number of hydrogen-bond acceptors (Lipinski definition) is 5. The van der Waals surface area contributed by atoms with Gasteiger partial charge >= 0.3 is 0 Å². The molecule has 0 spiro atoms. The summed E-state index contributed by atoms with van der Waals surface area (Å²) in [5, 5.41) is 8.67. The first-order chi connectivity index (χ1) is 7.12. The third-order valence-corrected chi connectivity index (χ3v) is 6.66. The van der Waals surface area contributed by atoms with Crippen LogP contribution in [-0.4, -0.2) is 56.8 Å². The van der Waals surface area contributed by atoms with Gasteiger partial charge in [0.1, 0.15) is 0 Å². The van der Waals surface area contributed by atoms with E-state index in [-0.39, 0.29) is 19.0 Å². The Morgan fingerprint density at radius 1 is 1.31 bits per heavy atom. The van der Waals surface area contributed by atoms with E-state index in [2.05, 4.69) is 0 Å². The Morgan fingerprint density at radius 3 is 2.31 bits per heavy atom. The fraction of sp³-hybridized carbons (Fsp3) is 1.00. The molecule has 16 heavy (non-hydrogen) atoms. The molecular formula is C8H17NO5S2. The second-order valence-electron chi connectivity index (χ2n) is 4.35. The molecule has 6 nitrogen and oxygen atoms in total.